The van der Waals surface area contributed by atoms with Gasteiger partial charge in [-0.3, -0.25) is 0 Å². The fraction of sp³-hybridized carbons (Fsp3) is 0.438. The standard InChI is InChI=1S/C16H20BrNO4/c1-4-18(5-2)9-14-15(16(20)21-6-3)10-7-12(19)11(17)8-13(10)22-14/h7-8,19H,4-6,9H2,1-3H3/p+1. The molecule has 5 nitrogen and oxygen atoms in total. The molecule has 2 N–H and O–H groups in total. The zero-order chi connectivity index (χ0) is 16.3. The number of nitrogens with one attached hydrogen (secondary N) is 1. The Bertz CT molecular complexity index is 676. The lowest BCUT2D eigenvalue weighted by molar-refractivity contribution is -0.911. The molecule has 0 unspecified atom stereocenters. The fourth-order valence-electron chi connectivity index (χ4n) is 2.44. The van der Waals surface area contributed by atoms with Crippen LogP contribution in [0, 0.1) is 0 Å². The second-order valence-electron chi connectivity index (χ2n) is 5.05. The molecule has 0 spiro atoms. The lowest BCUT2D eigenvalue weighted by Crippen LogP contribution is -3.10. The van der Waals surface area contributed by atoms with Crippen LogP contribution in [0.3, 0.4) is 0 Å². The molecule has 1 heterocycles. The van der Waals surface area contributed by atoms with Crippen molar-refractivity contribution < 1.29 is 24.0 Å². The molecule has 0 saturated heterocycles. The largest absolute Gasteiger partial charge is 0.507 e. The van der Waals surface area contributed by atoms with Crippen molar-refractivity contribution in [2.45, 2.75) is 27.3 Å². The molecule has 0 amide bonds. The topological polar surface area (TPSA) is 64.1 Å². The maximum absolute atomic E-state index is 12.3. The average molecular weight is 371 g/mol. The molecule has 0 bridgehead atoms. The van der Waals surface area contributed by atoms with Crippen LogP contribution >= 0.6 is 15.9 Å². The van der Waals surface area contributed by atoms with Crippen LogP contribution in [0.5, 0.6) is 5.75 Å². The highest BCUT2D eigenvalue weighted by atomic mass is 79.9. The van der Waals surface area contributed by atoms with Crippen molar-refractivity contribution in [3.63, 3.8) is 0 Å². The lowest BCUT2D eigenvalue weighted by Gasteiger charge is -2.14. The third kappa shape index (κ3) is 3.28. The van der Waals surface area contributed by atoms with E-state index in [-0.39, 0.29) is 5.75 Å². The minimum absolute atomic E-state index is 0.0700. The number of phenols is 1. The Morgan fingerprint density at radius 1 is 1.32 bits per heavy atom. The SMILES string of the molecule is CCOC(=O)c1c(C[NH+](CC)CC)oc2cc(Br)c(O)cc12. The van der Waals surface area contributed by atoms with Crippen LogP contribution in [0.4, 0.5) is 0 Å². The number of aromatic hydroxyl groups is 1. The minimum Gasteiger partial charge on any atom is -0.507 e. The predicted octanol–water partition coefficient (Wildman–Crippen LogP) is 2.50. The number of ether oxygens (including phenoxy) is 1. The molecule has 6 heteroatoms. The van der Waals surface area contributed by atoms with E-state index in [0.717, 1.165) is 13.1 Å². The van der Waals surface area contributed by atoms with Crippen molar-refractivity contribution in [3.05, 3.63) is 27.9 Å². The number of quaternary nitrogens is 1. The molecule has 0 fully saturated rings. The second-order valence-corrected chi connectivity index (χ2v) is 5.91. The van der Waals surface area contributed by atoms with E-state index >= 15 is 0 Å². The van der Waals surface area contributed by atoms with Gasteiger partial charge < -0.3 is 19.2 Å². The number of esters is 1. The summed E-state index contributed by atoms with van der Waals surface area (Å²) in [7, 11) is 0. The van der Waals surface area contributed by atoms with Crippen LogP contribution in [0.15, 0.2) is 21.0 Å². The van der Waals surface area contributed by atoms with Gasteiger partial charge in [0.05, 0.1) is 24.2 Å². The number of carbonyl (C=O) groups is 1. The van der Waals surface area contributed by atoms with E-state index in [1.54, 1.807) is 13.0 Å². The number of carbonyl (C=O) groups excluding carboxylic acids is 1. The number of phenolic OH excluding ortho intramolecular Hbond substituents is 1. The monoisotopic (exact) mass is 370 g/mol. The first-order valence-electron chi connectivity index (χ1n) is 7.46. The molecular weight excluding hydrogens is 350 g/mol. The number of hydrogen-bond acceptors (Lipinski definition) is 4. The first kappa shape index (κ1) is 16.8. The van der Waals surface area contributed by atoms with Crippen molar-refractivity contribution in [2.75, 3.05) is 19.7 Å². The number of fused-ring (bicyclic) bond motifs is 1. The molecule has 0 aliphatic carbocycles. The molecule has 0 aliphatic rings. The lowest BCUT2D eigenvalue weighted by atomic mass is 10.1. The number of halogens is 1. The third-order valence-corrected chi connectivity index (χ3v) is 4.36. The molecule has 1 aromatic carbocycles. The van der Waals surface area contributed by atoms with Crippen molar-refractivity contribution in [3.8, 4) is 5.75 Å². The Balaban J connectivity index is 2.57. The van der Waals surface area contributed by atoms with Gasteiger partial charge in [0, 0.05) is 5.39 Å². The van der Waals surface area contributed by atoms with Crippen molar-refractivity contribution in [2.24, 2.45) is 0 Å². The molecule has 0 saturated carbocycles. The molecule has 0 atom stereocenters. The van der Waals surface area contributed by atoms with Crippen LogP contribution in [-0.4, -0.2) is 30.8 Å². The van der Waals surface area contributed by atoms with E-state index < -0.39 is 5.97 Å². The van der Waals surface area contributed by atoms with Gasteiger partial charge in [0.25, 0.3) is 0 Å². The smallest absolute Gasteiger partial charge is 0.342 e. The molecule has 1 aromatic heterocycles. The van der Waals surface area contributed by atoms with Gasteiger partial charge in [0.15, 0.2) is 5.76 Å². The molecule has 2 rings (SSSR count). The summed E-state index contributed by atoms with van der Waals surface area (Å²) < 4.78 is 11.6. The Morgan fingerprint density at radius 2 is 2.00 bits per heavy atom. The van der Waals surface area contributed by atoms with Crippen LogP contribution in [0.1, 0.15) is 36.9 Å². The van der Waals surface area contributed by atoms with Gasteiger partial charge in [0.1, 0.15) is 23.4 Å². The van der Waals surface area contributed by atoms with E-state index in [9.17, 15) is 9.90 Å². The molecule has 22 heavy (non-hydrogen) atoms. The highest BCUT2D eigenvalue weighted by Gasteiger charge is 2.25. The summed E-state index contributed by atoms with van der Waals surface area (Å²) in [6.45, 7) is 8.72. The molecule has 2 aromatic rings. The number of benzene rings is 1. The summed E-state index contributed by atoms with van der Waals surface area (Å²) in [6, 6.07) is 3.21. The molecule has 120 valence electrons. The Kier molecular flexibility index (Phi) is 5.47. The van der Waals surface area contributed by atoms with Gasteiger partial charge >= 0.3 is 5.97 Å². The summed E-state index contributed by atoms with van der Waals surface area (Å²) in [5.74, 6) is 0.259. The predicted molar refractivity (Wildman–Crippen MR) is 87.3 cm³/mol. The first-order chi connectivity index (χ1) is 10.5. The van der Waals surface area contributed by atoms with Gasteiger partial charge in [-0.2, -0.15) is 0 Å². The highest BCUT2D eigenvalue weighted by Crippen LogP contribution is 2.34. The zero-order valence-corrected chi connectivity index (χ0v) is 14.6. The van der Waals surface area contributed by atoms with Crippen molar-refractivity contribution >= 4 is 32.9 Å². The molecular formula is C16H21BrNO4+. The highest BCUT2D eigenvalue weighted by molar-refractivity contribution is 9.10. The fourth-order valence-corrected chi connectivity index (χ4v) is 2.76. The van der Waals surface area contributed by atoms with Gasteiger partial charge in [-0.1, -0.05) is 0 Å². The maximum Gasteiger partial charge on any atom is 0.342 e. The van der Waals surface area contributed by atoms with Gasteiger partial charge in [-0.25, -0.2) is 4.79 Å². The van der Waals surface area contributed by atoms with E-state index in [4.69, 9.17) is 9.15 Å². The third-order valence-electron chi connectivity index (χ3n) is 3.72. The van der Waals surface area contributed by atoms with Gasteiger partial charge in [-0.15, -0.1) is 0 Å². The zero-order valence-electron chi connectivity index (χ0n) is 13.0. The number of hydrogen-bond donors (Lipinski definition) is 2. The van der Waals surface area contributed by atoms with Crippen LogP contribution in [-0.2, 0) is 11.3 Å². The van der Waals surface area contributed by atoms with E-state index in [2.05, 4.69) is 29.8 Å². The first-order valence-corrected chi connectivity index (χ1v) is 8.25. The normalized spacial score (nSPS) is 11.3. The number of rotatable bonds is 6. The Morgan fingerprint density at radius 3 is 2.59 bits per heavy atom. The second kappa shape index (κ2) is 7.15. The minimum atomic E-state index is -0.412. The quantitative estimate of drug-likeness (QED) is 0.766. The number of furan rings is 1. The van der Waals surface area contributed by atoms with Gasteiger partial charge in [-0.05, 0) is 48.8 Å². The molecule has 0 aliphatic heterocycles. The summed E-state index contributed by atoms with van der Waals surface area (Å²) in [4.78, 5) is 13.6. The summed E-state index contributed by atoms with van der Waals surface area (Å²) in [5, 5.41) is 10.5. The van der Waals surface area contributed by atoms with E-state index in [0.29, 0.717) is 39.9 Å². The summed E-state index contributed by atoms with van der Waals surface area (Å²) in [5.41, 5.74) is 0.980. The van der Waals surface area contributed by atoms with Crippen LogP contribution in [0.2, 0.25) is 0 Å². The summed E-state index contributed by atoms with van der Waals surface area (Å²) in [6.07, 6.45) is 0. The van der Waals surface area contributed by atoms with E-state index in [1.807, 2.05) is 0 Å². The Labute approximate surface area is 138 Å². The van der Waals surface area contributed by atoms with E-state index in [1.165, 1.54) is 11.0 Å². The van der Waals surface area contributed by atoms with Gasteiger partial charge in [0.2, 0.25) is 0 Å². The van der Waals surface area contributed by atoms with Crippen molar-refractivity contribution in [1.29, 1.82) is 0 Å². The van der Waals surface area contributed by atoms with Crippen LogP contribution in [0.25, 0.3) is 11.0 Å². The van der Waals surface area contributed by atoms with Crippen LogP contribution < -0.4 is 4.90 Å². The maximum atomic E-state index is 12.3. The van der Waals surface area contributed by atoms with Crippen molar-refractivity contribution in [1.82, 2.24) is 0 Å². The Hall–Kier alpha value is -1.53. The molecule has 0 radical (unpaired) electrons. The summed E-state index contributed by atoms with van der Waals surface area (Å²) >= 11 is 3.26. The average Bonchev–Trinajstić information content (AvgIpc) is 2.82.